The summed E-state index contributed by atoms with van der Waals surface area (Å²) in [6.07, 6.45) is 5.86. The summed E-state index contributed by atoms with van der Waals surface area (Å²) in [6, 6.07) is 7.09. The maximum atomic E-state index is 6.97. The normalized spacial score (nSPS) is 14.5. The van der Waals surface area contributed by atoms with E-state index in [-0.39, 0.29) is 30.2 Å². The topological polar surface area (TPSA) is 9.23 Å². The summed E-state index contributed by atoms with van der Waals surface area (Å²) < 4.78 is 8.65. The van der Waals surface area contributed by atoms with E-state index in [0.29, 0.717) is 5.04 Å². The monoisotopic (exact) mass is 521 g/mol. The second kappa shape index (κ2) is 10.9. The van der Waals surface area contributed by atoms with Crippen molar-refractivity contribution in [1.82, 2.24) is 0 Å². The van der Waals surface area contributed by atoms with Gasteiger partial charge in [-0.15, -0.1) is 24.8 Å². The molecule has 1 aromatic rings. The molecule has 0 amide bonds. The van der Waals surface area contributed by atoms with Crippen LogP contribution in [-0.2, 0) is 17.5 Å². The van der Waals surface area contributed by atoms with Crippen molar-refractivity contribution in [2.24, 2.45) is 5.41 Å². The summed E-state index contributed by atoms with van der Waals surface area (Å²) in [5.74, 6) is 1.14. The largest absolute Gasteiger partial charge is 0.147 e. The van der Waals surface area contributed by atoms with E-state index in [1.165, 1.54) is 10.8 Å². The van der Waals surface area contributed by atoms with Crippen molar-refractivity contribution in [2.45, 2.75) is 86.1 Å². The van der Waals surface area contributed by atoms with Gasteiger partial charge in [-0.05, 0) is 0 Å². The SMILES string of the molecule is Cc1cc([O][Ti]([C]2=C(C(C)(C)C)C=CC2)[SiH](C)C)cc([Si](C)(C)C(C)(C)C)c1.Cl.Cl. The van der Waals surface area contributed by atoms with Gasteiger partial charge in [0, 0.05) is 0 Å². The Balaban J connectivity index is 0.00000420. The maximum Gasteiger partial charge on any atom is -0.147 e. The summed E-state index contributed by atoms with van der Waals surface area (Å²) in [4.78, 5) is 0. The van der Waals surface area contributed by atoms with Crippen molar-refractivity contribution in [3.63, 3.8) is 0 Å². The minimum Gasteiger partial charge on any atom is -0.147 e. The molecule has 0 bridgehead atoms. The number of hydrogen-bond acceptors (Lipinski definition) is 1. The molecule has 0 atom stereocenters. The molecule has 0 N–H and O–H groups in total. The molecular formula is C24H43Cl2OSi2Ti. The van der Waals surface area contributed by atoms with E-state index in [1.807, 2.05) is 0 Å². The van der Waals surface area contributed by atoms with E-state index >= 15 is 0 Å². The van der Waals surface area contributed by atoms with E-state index in [9.17, 15) is 0 Å². The number of rotatable bonds is 5. The Bertz CT molecular complexity index is 787. The van der Waals surface area contributed by atoms with Crippen LogP contribution < -0.4 is 8.51 Å². The fraction of sp³-hybridized carbons (Fsp3) is 0.583. The predicted octanol–water partition coefficient (Wildman–Crippen LogP) is 7.71. The minimum atomic E-state index is -1.74. The number of halogens is 2. The molecule has 30 heavy (non-hydrogen) atoms. The average molecular weight is 523 g/mol. The molecule has 1 aliphatic rings. The van der Waals surface area contributed by atoms with Gasteiger partial charge in [-0.3, -0.25) is 0 Å². The van der Waals surface area contributed by atoms with Crippen molar-refractivity contribution in [1.29, 1.82) is 0 Å². The van der Waals surface area contributed by atoms with Crippen LogP contribution in [0.3, 0.4) is 0 Å². The first-order valence-electron chi connectivity index (χ1n) is 10.7. The molecule has 0 radical (unpaired) electrons. The van der Waals surface area contributed by atoms with Crippen molar-refractivity contribution < 1.29 is 20.8 Å². The van der Waals surface area contributed by atoms with Gasteiger partial charge in [-0.2, -0.15) is 0 Å². The Labute approximate surface area is 207 Å². The van der Waals surface area contributed by atoms with Crippen molar-refractivity contribution in [2.75, 3.05) is 0 Å². The summed E-state index contributed by atoms with van der Waals surface area (Å²) in [7, 11) is -1.57. The Morgan fingerprint density at radius 1 is 0.967 bits per heavy atom. The molecule has 0 aromatic heterocycles. The fourth-order valence-corrected chi connectivity index (χ4v) is 15.0. The third-order valence-electron chi connectivity index (χ3n) is 6.44. The van der Waals surface area contributed by atoms with Gasteiger partial charge in [0.1, 0.15) is 0 Å². The Morgan fingerprint density at radius 2 is 1.53 bits per heavy atom. The van der Waals surface area contributed by atoms with Gasteiger partial charge in [0.15, 0.2) is 0 Å². The van der Waals surface area contributed by atoms with Gasteiger partial charge in [-0.1, -0.05) is 0 Å². The van der Waals surface area contributed by atoms with Gasteiger partial charge in [0.25, 0.3) is 0 Å². The first-order valence-corrected chi connectivity index (χ1v) is 20.7. The number of hydrogen-bond donors (Lipinski definition) is 0. The molecule has 1 aliphatic carbocycles. The molecule has 6 heteroatoms. The van der Waals surface area contributed by atoms with Crippen molar-refractivity contribution >= 4 is 44.7 Å². The Hall–Kier alpha value is 0.228. The standard InChI is InChI=1S/C13H22OSi.C9H13.C2H7Si.2ClH.Ti/c1-10-7-11(14)9-12(8-10)15(5,6)13(2,3)4;1-9(2,3)8-6-4-5-7-8;1-3-2;;;/h7-9,14H,1-6H3;4,6H,5H2,1-3H3;3H,1-2H3;2*1H;/q;;;;;+1/p-1. The van der Waals surface area contributed by atoms with Crippen LogP contribution in [0.5, 0.6) is 5.75 Å². The Kier molecular flexibility index (Phi) is 11.0. The Morgan fingerprint density at radius 3 is 2.00 bits per heavy atom. The van der Waals surface area contributed by atoms with Gasteiger partial charge >= 0.3 is 183 Å². The summed E-state index contributed by atoms with van der Waals surface area (Å²) in [5, 5.41) is 1.87. The number of benzene rings is 1. The molecule has 0 aliphatic heterocycles. The molecule has 1 aromatic carbocycles. The van der Waals surface area contributed by atoms with Gasteiger partial charge < -0.3 is 0 Å². The van der Waals surface area contributed by atoms with Crippen LogP contribution >= 0.6 is 24.8 Å². The van der Waals surface area contributed by atoms with Crippen LogP contribution in [0.15, 0.2) is 39.8 Å². The van der Waals surface area contributed by atoms with Crippen molar-refractivity contribution in [3.05, 3.63) is 45.4 Å². The van der Waals surface area contributed by atoms with Crippen LogP contribution in [0.2, 0.25) is 31.2 Å². The second-order valence-corrected chi connectivity index (χ2v) is 28.9. The molecule has 171 valence electrons. The smallest absolute Gasteiger partial charge is 0.147 e. The van der Waals surface area contributed by atoms with E-state index in [0.717, 1.165) is 12.2 Å². The van der Waals surface area contributed by atoms with Gasteiger partial charge in [-0.25, -0.2) is 0 Å². The maximum absolute atomic E-state index is 6.97. The molecule has 0 spiro atoms. The first kappa shape index (κ1) is 30.2. The van der Waals surface area contributed by atoms with Crippen LogP contribution in [0, 0.1) is 12.3 Å². The molecule has 1 nitrogen and oxygen atoms in total. The quantitative estimate of drug-likeness (QED) is 0.360. The van der Waals surface area contributed by atoms with Gasteiger partial charge in [0.05, 0.1) is 0 Å². The van der Waals surface area contributed by atoms with Crippen LogP contribution in [0.4, 0.5) is 0 Å². The zero-order valence-electron chi connectivity index (χ0n) is 20.9. The van der Waals surface area contributed by atoms with Crippen molar-refractivity contribution in [3.8, 4) is 5.75 Å². The third kappa shape index (κ3) is 6.86. The zero-order valence-corrected chi connectivity index (χ0v) is 26.2. The zero-order chi connectivity index (χ0) is 21.5. The van der Waals surface area contributed by atoms with Gasteiger partial charge in [0.2, 0.25) is 0 Å². The molecule has 0 saturated carbocycles. The predicted molar refractivity (Wildman–Crippen MR) is 142 cm³/mol. The summed E-state index contributed by atoms with van der Waals surface area (Å²) >= 11 is -1.74. The van der Waals surface area contributed by atoms with Crippen LogP contribution in [-0.4, -0.2) is 14.7 Å². The number of allylic oxidation sites excluding steroid dienone is 4. The van der Waals surface area contributed by atoms with Crippen LogP contribution in [0.1, 0.15) is 53.5 Å². The van der Waals surface area contributed by atoms with E-state index in [2.05, 4.69) is 105 Å². The second-order valence-electron chi connectivity index (χ2n) is 11.3. The van der Waals surface area contributed by atoms with E-state index < -0.39 is 32.3 Å². The summed E-state index contributed by atoms with van der Waals surface area (Å²) in [6.45, 7) is 25.6. The third-order valence-corrected chi connectivity index (χ3v) is 22.2. The number of aryl methyl sites for hydroxylation is 1. The van der Waals surface area contributed by atoms with Crippen LogP contribution in [0.25, 0.3) is 0 Å². The molecule has 0 saturated heterocycles. The molecular weight excluding hydrogens is 479 g/mol. The van der Waals surface area contributed by atoms with E-state index in [4.69, 9.17) is 3.32 Å². The molecule has 0 unspecified atom stereocenters. The average Bonchev–Trinajstić information content (AvgIpc) is 3.00. The molecule has 0 heterocycles. The fourth-order valence-electron chi connectivity index (χ4n) is 3.70. The van der Waals surface area contributed by atoms with E-state index in [1.54, 1.807) is 9.45 Å². The first-order chi connectivity index (χ1) is 12.6. The molecule has 2 rings (SSSR count). The molecule has 0 fully saturated rings. The minimum absolute atomic E-state index is 0. The summed E-state index contributed by atoms with van der Waals surface area (Å²) in [5.41, 5.74) is 3.11.